The average molecular weight is 371 g/mol. The van der Waals surface area contributed by atoms with Gasteiger partial charge in [0.05, 0.1) is 19.3 Å². The molecule has 1 unspecified atom stereocenters. The van der Waals surface area contributed by atoms with Crippen LogP contribution in [0.15, 0.2) is 36.4 Å². The summed E-state index contributed by atoms with van der Waals surface area (Å²) in [5.41, 5.74) is 1.47. The van der Waals surface area contributed by atoms with Crippen molar-refractivity contribution in [3.05, 3.63) is 47.5 Å². The Morgan fingerprint density at radius 1 is 1.07 bits per heavy atom. The Bertz CT molecular complexity index is 805. The highest BCUT2D eigenvalue weighted by molar-refractivity contribution is 5.95. The second-order valence-electron chi connectivity index (χ2n) is 6.25. The molecule has 0 spiro atoms. The number of rotatable bonds is 8. The minimum absolute atomic E-state index is 0.178. The molecule has 144 valence electrons. The Balaban J connectivity index is 1.72. The Labute approximate surface area is 159 Å². The Morgan fingerprint density at radius 2 is 1.89 bits per heavy atom. The minimum atomic E-state index is -0.182. The molecule has 0 saturated carbocycles. The van der Waals surface area contributed by atoms with Crippen molar-refractivity contribution in [3.63, 3.8) is 0 Å². The van der Waals surface area contributed by atoms with E-state index in [9.17, 15) is 4.79 Å². The van der Waals surface area contributed by atoms with Gasteiger partial charge in [-0.1, -0.05) is 13.0 Å². The van der Waals surface area contributed by atoms with Crippen LogP contribution >= 0.6 is 0 Å². The van der Waals surface area contributed by atoms with E-state index in [2.05, 4.69) is 5.32 Å². The van der Waals surface area contributed by atoms with Gasteiger partial charge in [0.2, 0.25) is 6.79 Å². The summed E-state index contributed by atoms with van der Waals surface area (Å²) in [6, 6.07) is 10.7. The fourth-order valence-corrected chi connectivity index (χ4v) is 2.79. The normalized spacial score (nSPS) is 13.1. The number of carbonyl (C=O) groups excluding carboxylic acids is 1. The third-order valence-electron chi connectivity index (χ3n) is 4.21. The smallest absolute Gasteiger partial charge is 0.251 e. The zero-order chi connectivity index (χ0) is 19.2. The highest BCUT2D eigenvalue weighted by Gasteiger charge is 2.18. The van der Waals surface area contributed by atoms with Crippen LogP contribution < -0.4 is 24.3 Å². The molecular weight excluding hydrogens is 346 g/mol. The molecule has 27 heavy (non-hydrogen) atoms. The zero-order valence-corrected chi connectivity index (χ0v) is 15.9. The lowest BCUT2D eigenvalue weighted by Crippen LogP contribution is -2.26. The number of hydrogen-bond acceptors (Lipinski definition) is 5. The first kappa shape index (κ1) is 18.9. The first-order valence-electron chi connectivity index (χ1n) is 9.22. The van der Waals surface area contributed by atoms with Crippen molar-refractivity contribution in [1.82, 2.24) is 5.32 Å². The van der Waals surface area contributed by atoms with E-state index in [1.807, 2.05) is 39.0 Å². The molecule has 0 aromatic heterocycles. The minimum Gasteiger partial charge on any atom is -0.490 e. The molecule has 1 aliphatic heterocycles. The standard InChI is InChI=1S/C21H25NO5/c1-4-10-25-17-9-7-16(12-19(17)24-5-2)21(23)22-14(3)15-6-8-18-20(11-15)27-13-26-18/h6-9,11-12,14H,4-5,10,13H2,1-3H3,(H,22,23). The van der Waals surface area contributed by atoms with Crippen LogP contribution in [0.1, 0.15) is 49.2 Å². The van der Waals surface area contributed by atoms with E-state index >= 15 is 0 Å². The van der Waals surface area contributed by atoms with Crippen LogP contribution in [0.3, 0.4) is 0 Å². The molecule has 6 heteroatoms. The lowest BCUT2D eigenvalue weighted by atomic mass is 10.1. The van der Waals surface area contributed by atoms with Gasteiger partial charge in [0.1, 0.15) is 0 Å². The van der Waals surface area contributed by atoms with Crippen LogP contribution in [-0.4, -0.2) is 25.9 Å². The molecule has 1 heterocycles. The molecule has 3 rings (SSSR count). The summed E-state index contributed by atoms with van der Waals surface area (Å²) in [6.07, 6.45) is 0.904. The number of fused-ring (bicyclic) bond motifs is 1. The lowest BCUT2D eigenvalue weighted by Gasteiger charge is -2.16. The predicted octanol–water partition coefficient (Wildman–Crippen LogP) is 4.09. The molecule has 0 radical (unpaired) electrons. The molecule has 1 atom stereocenters. The summed E-state index contributed by atoms with van der Waals surface area (Å²) in [7, 11) is 0. The van der Waals surface area contributed by atoms with E-state index in [0.717, 1.165) is 17.7 Å². The summed E-state index contributed by atoms with van der Waals surface area (Å²) >= 11 is 0. The summed E-state index contributed by atoms with van der Waals surface area (Å²) in [5, 5.41) is 3.00. The maximum absolute atomic E-state index is 12.7. The average Bonchev–Trinajstić information content (AvgIpc) is 3.14. The van der Waals surface area contributed by atoms with Crippen molar-refractivity contribution in [1.29, 1.82) is 0 Å². The van der Waals surface area contributed by atoms with E-state index in [0.29, 0.717) is 36.0 Å². The van der Waals surface area contributed by atoms with Gasteiger partial charge in [-0.05, 0) is 56.2 Å². The van der Waals surface area contributed by atoms with Gasteiger partial charge in [-0.15, -0.1) is 0 Å². The zero-order valence-electron chi connectivity index (χ0n) is 15.9. The fourth-order valence-electron chi connectivity index (χ4n) is 2.79. The van der Waals surface area contributed by atoms with Gasteiger partial charge in [0.15, 0.2) is 23.0 Å². The molecule has 0 fully saturated rings. The van der Waals surface area contributed by atoms with Gasteiger partial charge in [-0.3, -0.25) is 4.79 Å². The number of amides is 1. The van der Waals surface area contributed by atoms with Crippen LogP contribution in [-0.2, 0) is 0 Å². The van der Waals surface area contributed by atoms with Crippen molar-refractivity contribution in [2.45, 2.75) is 33.2 Å². The quantitative estimate of drug-likeness (QED) is 0.757. The Morgan fingerprint density at radius 3 is 2.67 bits per heavy atom. The SMILES string of the molecule is CCCOc1ccc(C(=O)NC(C)c2ccc3c(c2)OCO3)cc1OCC. The third-order valence-corrected chi connectivity index (χ3v) is 4.21. The van der Waals surface area contributed by atoms with Crippen LogP contribution in [0.2, 0.25) is 0 Å². The second-order valence-corrected chi connectivity index (χ2v) is 6.25. The van der Waals surface area contributed by atoms with E-state index in [1.165, 1.54) is 0 Å². The van der Waals surface area contributed by atoms with Crippen LogP contribution in [0.4, 0.5) is 0 Å². The summed E-state index contributed by atoms with van der Waals surface area (Å²) in [5.74, 6) is 2.47. The van der Waals surface area contributed by atoms with Crippen molar-refractivity contribution in [2.24, 2.45) is 0 Å². The number of hydrogen-bond donors (Lipinski definition) is 1. The molecule has 6 nitrogen and oxygen atoms in total. The Kier molecular flexibility index (Phi) is 6.06. The highest BCUT2D eigenvalue weighted by atomic mass is 16.7. The maximum atomic E-state index is 12.7. The third kappa shape index (κ3) is 4.45. The van der Waals surface area contributed by atoms with Crippen LogP contribution in [0.5, 0.6) is 23.0 Å². The number of nitrogens with one attached hydrogen (secondary N) is 1. The summed E-state index contributed by atoms with van der Waals surface area (Å²) in [4.78, 5) is 12.7. The number of benzene rings is 2. The van der Waals surface area contributed by atoms with Crippen molar-refractivity contribution in [2.75, 3.05) is 20.0 Å². The monoisotopic (exact) mass is 371 g/mol. The first-order chi connectivity index (χ1) is 13.1. The molecule has 1 aliphatic rings. The number of carbonyl (C=O) groups is 1. The number of ether oxygens (including phenoxy) is 4. The molecular formula is C21H25NO5. The molecule has 0 aliphatic carbocycles. The first-order valence-corrected chi connectivity index (χ1v) is 9.22. The molecule has 2 aromatic carbocycles. The van der Waals surface area contributed by atoms with Gasteiger partial charge >= 0.3 is 0 Å². The van der Waals surface area contributed by atoms with Gasteiger partial charge in [0.25, 0.3) is 5.91 Å². The van der Waals surface area contributed by atoms with Gasteiger partial charge in [0, 0.05) is 5.56 Å². The predicted molar refractivity (Wildman–Crippen MR) is 102 cm³/mol. The molecule has 1 amide bonds. The molecule has 1 N–H and O–H groups in total. The topological polar surface area (TPSA) is 66.0 Å². The summed E-state index contributed by atoms with van der Waals surface area (Å²) < 4.78 is 22.0. The fraction of sp³-hybridized carbons (Fsp3) is 0.381. The highest BCUT2D eigenvalue weighted by Crippen LogP contribution is 2.34. The van der Waals surface area contributed by atoms with Crippen molar-refractivity contribution < 1.29 is 23.7 Å². The maximum Gasteiger partial charge on any atom is 0.251 e. The van der Waals surface area contributed by atoms with Crippen molar-refractivity contribution >= 4 is 5.91 Å². The van der Waals surface area contributed by atoms with E-state index < -0.39 is 0 Å². The van der Waals surface area contributed by atoms with Crippen molar-refractivity contribution in [3.8, 4) is 23.0 Å². The van der Waals surface area contributed by atoms with Crippen LogP contribution in [0, 0.1) is 0 Å². The van der Waals surface area contributed by atoms with Gasteiger partial charge in [-0.2, -0.15) is 0 Å². The largest absolute Gasteiger partial charge is 0.490 e. The lowest BCUT2D eigenvalue weighted by molar-refractivity contribution is 0.0939. The molecule has 0 saturated heterocycles. The Hall–Kier alpha value is -2.89. The van der Waals surface area contributed by atoms with E-state index in [-0.39, 0.29) is 18.7 Å². The molecule has 0 bridgehead atoms. The second kappa shape index (κ2) is 8.66. The van der Waals surface area contributed by atoms with Gasteiger partial charge < -0.3 is 24.3 Å². The van der Waals surface area contributed by atoms with E-state index in [1.54, 1.807) is 18.2 Å². The molecule has 2 aromatic rings. The van der Waals surface area contributed by atoms with E-state index in [4.69, 9.17) is 18.9 Å². The van der Waals surface area contributed by atoms with Gasteiger partial charge in [-0.25, -0.2) is 0 Å². The summed E-state index contributed by atoms with van der Waals surface area (Å²) in [6.45, 7) is 7.20. The van der Waals surface area contributed by atoms with Crippen LogP contribution in [0.25, 0.3) is 0 Å².